The van der Waals surface area contributed by atoms with Crippen molar-refractivity contribution >= 4 is 39.1 Å². The molecule has 0 aliphatic heterocycles. The van der Waals surface area contributed by atoms with Gasteiger partial charge in [-0.15, -0.1) is 11.3 Å². The maximum atomic E-state index is 11.3. The van der Waals surface area contributed by atoms with Gasteiger partial charge in [-0.2, -0.15) is 0 Å². The van der Waals surface area contributed by atoms with E-state index in [2.05, 4.69) is 32.3 Å². The van der Waals surface area contributed by atoms with Crippen molar-refractivity contribution in [3.05, 3.63) is 43.7 Å². The number of thiophene rings is 1. The van der Waals surface area contributed by atoms with Gasteiger partial charge in [0.25, 0.3) is 0 Å². The van der Waals surface area contributed by atoms with E-state index in [0.717, 1.165) is 21.5 Å². The van der Waals surface area contributed by atoms with Crippen molar-refractivity contribution in [1.82, 2.24) is 4.98 Å². The third-order valence-corrected chi connectivity index (χ3v) is 4.53. The monoisotopic (exact) mass is 354 g/mol. The zero-order valence-electron chi connectivity index (χ0n) is 11.2. The Morgan fingerprint density at radius 1 is 1.45 bits per heavy atom. The Hall–Kier alpha value is -1.40. The second-order valence-corrected chi connectivity index (χ2v) is 7.04. The van der Waals surface area contributed by atoms with Crippen LogP contribution in [0.1, 0.15) is 26.5 Å². The molecule has 0 saturated heterocycles. The van der Waals surface area contributed by atoms with Crippen LogP contribution < -0.4 is 5.32 Å². The van der Waals surface area contributed by atoms with Crippen molar-refractivity contribution in [2.45, 2.75) is 20.3 Å². The minimum Gasteiger partial charge on any atom is -0.478 e. The van der Waals surface area contributed by atoms with E-state index in [9.17, 15) is 9.90 Å². The normalized spacial score (nSPS) is 10.6. The smallest absolute Gasteiger partial charge is 0.339 e. The highest BCUT2D eigenvalue weighted by atomic mass is 79.9. The molecule has 4 nitrogen and oxygen atoms in total. The van der Waals surface area contributed by atoms with Gasteiger partial charge in [0.2, 0.25) is 0 Å². The highest BCUT2D eigenvalue weighted by Crippen LogP contribution is 2.23. The lowest BCUT2D eigenvalue weighted by atomic mass is 10.1. The Labute approximate surface area is 130 Å². The van der Waals surface area contributed by atoms with Gasteiger partial charge in [-0.1, -0.05) is 0 Å². The summed E-state index contributed by atoms with van der Waals surface area (Å²) in [5, 5.41) is 12.4. The summed E-state index contributed by atoms with van der Waals surface area (Å²) in [6.07, 6.45) is 0.837. The zero-order valence-corrected chi connectivity index (χ0v) is 13.6. The lowest BCUT2D eigenvalue weighted by Gasteiger charge is -2.11. The maximum absolute atomic E-state index is 11.3. The van der Waals surface area contributed by atoms with Gasteiger partial charge in [-0.25, -0.2) is 9.78 Å². The molecule has 0 aromatic carbocycles. The lowest BCUT2D eigenvalue weighted by Crippen LogP contribution is -2.13. The van der Waals surface area contributed by atoms with Crippen molar-refractivity contribution in [3.63, 3.8) is 0 Å². The molecule has 6 heteroatoms. The third kappa shape index (κ3) is 3.58. The van der Waals surface area contributed by atoms with Crippen molar-refractivity contribution in [2.24, 2.45) is 0 Å². The number of nitrogens with one attached hydrogen (secondary N) is 1. The molecule has 0 fully saturated rings. The predicted octanol–water partition coefficient (Wildman–Crippen LogP) is 3.88. The maximum Gasteiger partial charge on any atom is 0.339 e. The van der Waals surface area contributed by atoms with Crippen molar-refractivity contribution in [3.8, 4) is 0 Å². The molecule has 0 radical (unpaired) electrons. The van der Waals surface area contributed by atoms with Crippen LogP contribution in [0.15, 0.2) is 22.0 Å². The van der Waals surface area contributed by atoms with Crippen LogP contribution in [-0.2, 0) is 6.42 Å². The molecule has 0 bridgehead atoms. The first-order valence-corrected chi connectivity index (χ1v) is 7.78. The summed E-state index contributed by atoms with van der Waals surface area (Å²) >= 11 is 5.11. The van der Waals surface area contributed by atoms with Gasteiger partial charge >= 0.3 is 5.97 Å². The van der Waals surface area contributed by atoms with Crippen LogP contribution in [0.5, 0.6) is 0 Å². The number of carboxylic acids is 1. The van der Waals surface area contributed by atoms with Crippen LogP contribution in [-0.4, -0.2) is 22.6 Å². The first-order chi connectivity index (χ1) is 9.47. The van der Waals surface area contributed by atoms with Crippen LogP contribution in [0.3, 0.4) is 0 Å². The summed E-state index contributed by atoms with van der Waals surface area (Å²) in [6, 6.07) is 5.85. The van der Waals surface area contributed by atoms with Crippen molar-refractivity contribution in [2.75, 3.05) is 11.9 Å². The number of carboxylic acid groups (broad SMARTS) is 1. The number of carbonyl (C=O) groups is 1. The Bertz CT molecular complexity index is 640. The number of aromatic carboxylic acids is 1. The lowest BCUT2D eigenvalue weighted by molar-refractivity contribution is 0.0697. The summed E-state index contributed by atoms with van der Waals surface area (Å²) in [6.45, 7) is 4.31. The standard InChI is InChI=1S/C14H15BrN2O2S/c1-8-7-9(2)17-13(12(8)14(18)19)16-6-5-10-3-4-11(15)20-10/h3-4,7H,5-6H2,1-2H3,(H,16,17)(H,18,19). The fourth-order valence-corrected chi connectivity index (χ4v) is 3.51. The number of aromatic nitrogens is 1. The van der Waals surface area contributed by atoms with E-state index in [1.807, 2.05) is 13.0 Å². The van der Waals surface area contributed by atoms with E-state index in [1.54, 1.807) is 24.3 Å². The Balaban J connectivity index is 2.10. The molecule has 2 aromatic heterocycles. The minimum atomic E-state index is -0.948. The van der Waals surface area contributed by atoms with Gasteiger partial charge in [0, 0.05) is 17.1 Å². The first kappa shape index (κ1) is 15.0. The summed E-state index contributed by atoms with van der Waals surface area (Å²) in [7, 11) is 0. The predicted molar refractivity (Wildman–Crippen MR) is 84.9 cm³/mol. The molecule has 0 atom stereocenters. The second-order valence-electron chi connectivity index (χ2n) is 4.49. The van der Waals surface area contributed by atoms with Gasteiger partial charge in [-0.05, 0) is 60.0 Å². The molecule has 0 aliphatic carbocycles. The third-order valence-electron chi connectivity index (χ3n) is 2.85. The summed E-state index contributed by atoms with van der Waals surface area (Å²) in [5.41, 5.74) is 1.79. The average molecular weight is 355 g/mol. The van der Waals surface area contributed by atoms with E-state index in [1.165, 1.54) is 4.88 Å². The minimum absolute atomic E-state index is 0.253. The number of rotatable bonds is 5. The molecule has 20 heavy (non-hydrogen) atoms. The quantitative estimate of drug-likeness (QED) is 0.855. The van der Waals surface area contributed by atoms with Gasteiger partial charge in [0.05, 0.1) is 3.79 Å². The van der Waals surface area contributed by atoms with Crippen LogP contribution in [0.25, 0.3) is 0 Å². The second kappa shape index (κ2) is 6.37. The van der Waals surface area contributed by atoms with Gasteiger partial charge in [0.1, 0.15) is 11.4 Å². The zero-order chi connectivity index (χ0) is 14.7. The molecule has 2 N–H and O–H groups in total. The summed E-state index contributed by atoms with van der Waals surface area (Å²) in [5.74, 6) is -0.498. The summed E-state index contributed by atoms with van der Waals surface area (Å²) in [4.78, 5) is 16.8. The molecule has 2 heterocycles. The van der Waals surface area contributed by atoms with Gasteiger partial charge < -0.3 is 10.4 Å². The number of nitrogens with zero attached hydrogens (tertiary/aromatic N) is 1. The number of pyridine rings is 1. The van der Waals surface area contributed by atoms with Crippen LogP contribution >= 0.6 is 27.3 Å². The molecule has 2 aromatic rings. The topological polar surface area (TPSA) is 62.2 Å². The fourth-order valence-electron chi connectivity index (χ4n) is 2.02. The Morgan fingerprint density at radius 2 is 2.20 bits per heavy atom. The summed E-state index contributed by atoms with van der Waals surface area (Å²) < 4.78 is 1.10. The first-order valence-electron chi connectivity index (χ1n) is 6.17. The Morgan fingerprint density at radius 3 is 2.80 bits per heavy atom. The molecule has 0 saturated carbocycles. The molecule has 106 valence electrons. The largest absolute Gasteiger partial charge is 0.478 e. The fraction of sp³-hybridized carbons (Fsp3) is 0.286. The molecule has 0 aliphatic rings. The number of anilines is 1. The van der Waals surface area contributed by atoms with E-state index in [-0.39, 0.29) is 5.56 Å². The molecule has 2 rings (SSSR count). The number of halogens is 1. The van der Waals surface area contributed by atoms with Crippen LogP contribution in [0.4, 0.5) is 5.82 Å². The average Bonchev–Trinajstić information content (AvgIpc) is 2.73. The van der Waals surface area contributed by atoms with Crippen LogP contribution in [0.2, 0.25) is 0 Å². The molecular formula is C14H15BrN2O2S. The van der Waals surface area contributed by atoms with Gasteiger partial charge in [0.15, 0.2) is 0 Å². The Kier molecular flexibility index (Phi) is 4.77. The molecular weight excluding hydrogens is 340 g/mol. The van der Waals surface area contributed by atoms with Crippen molar-refractivity contribution in [1.29, 1.82) is 0 Å². The van der Waals surface area contributed by atoms with E-state index in [4.69, 9.17) is 0 Å². The SMILES string of the molecule is Cc1cc(C)c(C(=O)O)c(NCCc2ccc(Br)s2)n1. The van der Waals surface area contributed by atoms with Crippen molar-refractivity contribution < 1.29 is 9.90 Å². The number of hydrogen-bond donors (Lipinski definition) is 2. The van der Waals surface area contributed by atoms with Crippen LogP contribution in [0, 0.1) is 13.8 Å². The molecule has 0 unspecified atom stereocenters. The molecule has 0 amide bonds. The highest BCUT2D eigenvalue weighted by molar-refractivity contribution is 9.11. The highest BCUT2D eigenvalue weighted by Gasteiger charge is 2.15. The van der Waals surface area contributed by atoms with E-state index >= 15 is 0 Å². The van der Waals surface area contributed by atoms with Gasteiger partial charge in [-0.3, -0.25) is 0 Å². The number of aryl methyl sites for hydroxylation is 2. The number of hydrogen-bond acceptors (Lipinski definition) is 4. The van der Waals surface area contributed by atoms with E-state index in [0.29, 0.717) is 12.4 Å². The molecule has 0 spiro atoms. The van der Waals surface area contributed by atoms with E-state index < -0.39 is 5.97 Å².